The van der Waals surface area contributed by atoms with Crippen molar-refractivity contribution in [1.29, 1.82) is 0 Å². The second-order valence-corrected chi connectivity index (χ2v) is 2.29. The van der Waals surface area contributed by atoms with Crippen LogP contribution in [0.5, 0.6) is 0 Å². The number of hydrazine groups is 1. The Hall–Kier alpha value is -1.33. The van der Waals surface area contributed by atoms with Gasteiger partial charge >= 0.3 is 5.97 Å². The van der Waals surface area contributed by atoms with Gasteiger partial charge in [-0.2, -0.15) is 0 Å². The number of rotatable bonds is 3. The van der Waals surface area contributed by atoms with Crippen LogP contribution in [0.4, 0.5) is 5.82 Å². The van der Waals surface area contributed by atoms with Crippen LogP contribution in [0, 0.1) is 0 Å². The number of halogens is 1. The lowest BCUT2D eigenvalue weighted by molar-refractivity contribution is 0.0526. The van der Waals surface area contributed by atoms with Gasteiger partial charge < -0.3 is 10.2 Å². The molecule has 0 aliphatic carbocycles. The van der Waals surface area contributed by atoms with E-state index in [0.717, 1.165) is 0 Å². The maximum Gasteiger partial charge on any atom is 0.338 e. The van der Waals surface area contributed by atoms with Crippen LogP contribution in [0.25, 0.3) is 0 Å². The number of nitrogen functional groups attached to an aromatic ring is 1. The normalized spacial score (nSPS) is 8.71. The smallest absolute Gasteiger partial charge is 0.338 e. The molecule has 0 atom stereocenters. The quantitative estimate of drug-likeness (QED) is 0.448. The summed E-state index contributed by atoms with van der Waals surface area (Å²) in [6.07, 6.45) is 1.49. The summed E-state index contributed by atoms with van der Waals surface area (Å²) in [7, 11) is 0. The SMILES string of the molecule is CCOC(=O)c1ccnc(NN)c1.Cl. The summed E-state index contributed by atoms with van der Waals surface area (Å²) < 4.78 is 4.79. The topological polar surface area (TPSA) is 77.2 Å². The molecule has 0 bridgehead atoms. The molecule has 6 heteroatoms. The van der Waals surface area contributed by atoms with Gasteiger partial charge in [-0.1, -0.05) is 0 Å². The van der Waals surface area contributed by atoms with Crippen molar-refractivity contribution in [2.24, 2.45) is 5.84 Å². The fraction of sp³-hybridized carbons (Fsp3) is 0.250. The molecule has 1 aromatic heterocycles. The van der Waals surface area contributed by atoms with E-state index in [1.54, 1.807) is 13.0 Å². The average molecular weight is 218 g/mol. The third-order valence-electron chi connectivity index (χ3n) is 1.42. The molecule has 0 spiro atoms. The maximum absolute atomic E-state index is 11.2. The Kier molecular flexibility index (Phi) is 5.59. The van der Waals surface area contributed by atoms with Gasteiger partial charge in [-0.05, 0) is 19.1 Å². The number of hydrogen-bond acceptors (Lipinski definition) is 5. The second-order valence-electron chi connectivity index (χ2n) is 2.29. The average Bonchev–Trinajstić information content (AvgIpc) is 2.18. The molecule has 1 heterocycles. The molecule has 0 aliphatic rings. The molecular weight excluding hydrogens is 206 g/mol. The van der Waals surface area contributed by atoms with E-state index in [0.29, 0.717) is 18.0 Å². The Morgan fingerprint density at radius 1 is 1.71 bits per heavy atom. The van der Waals surface area contributed by atoms with Crippen LogP contribution in [0.2, 0.25) is 0 Å². The van der Waals surface area contributed by atoms with Gasteiger partial charge in [-0.15, -0.1) is 12.4 Å². The van der Waals surface area contributed by atoms with Crippen molar-refractivity contribution in [3.8, 4) is 0 Å². The summed E-state index contributed by atoms with van der Waals surface area (Å²) in [6, 6.07) is 3.09. The van der Waals surface area contributed by atoms with Crippen LogP contribution in [0.3, 0.4) is 0 Å². The Labute approximate surface area is 88.0 Å². The number of anilines is 1. The van der Waals surface area contributed by atoms with E-state index in [-0.39, 0.29) is 18.4 Å². The standard InChI is InChI=1S/C8H11N3O2.ClH/c1-2-13-8(12)6-3-4-10-7(5-6)11-9;/h3-5H,2,9H2,1H3,(H,10,11);1H. The summed E-state index contributed by atoms with van der Waals surface area (Å²) in [4.78, 5) is 15.1. The first-order chi connectivity index (χ1) is 6.27. The fourth-order valence-corrected chi connectivity index (χ4v) is 0.851. The minimum absolute atomic E-state index is 0. The van der Waals surface area contributed by atoms with Gasteiger partial charge in [0.15, 0.2) is 0 Å². The van der Waals surface area contributed by atoms with Crippen LogP contribution in [-0.4, -0.2) is 17.6 Å². The molecule has 14 heavy (non-hydrogen) atoms. The highest BCUT2D eigenvalue weighted by molar-refractivity contribution is 5.90. The summed E-state index contributed by atoms with van der Waals surface area (Å²) in [6.45, 7) is 2.10. The van der Waals surface area contributed by atoms with Gasteiger partial charge in [0, 0.05) is 6.20 Å². The summed E-state index contributed by atoms with van der Waals surface area (Å²) in [5, 5.41) is 0. The molecule has 0 saturated heterocycles. The number of pyridine rings is 1. The van der Waals surface area contributed by atoms with Crippen LogP contribution >= 0.6 is 12.4 Å². The van der Waals surface area contributed by atoms with Gasteiger partial charge in [-0.25, -0.2) is 15.6 Å². The lowest BCUT2D eigenvalue weighted by Gasteiger charge is -2.02. The number of esters is 1. The number of nitrogens with one attached hydrogen (secondary N) is 1. The number of aromatic nitrogens is 1. The Bertz CT molecular complexity index is 306. The van der Waals surface area contributed by atoms with Gasteiger partial charge in [0.2, 0.25) is 0 Å². The van der Waals surface area contributed by atoms with E-state index in [1.807, 2.05) is 0 Å². The van der Waals surface area contributed by atoms with E-state index >= 15 is 0 Å². The third kappa shape index (κ3) is 3.20. The van der Waals surface area contributed by atoms with E-state index in [1.165, 1.54) is 12.3 Å². The van der Waals surface area contributed by atoms with Gasteiger partial charge in [0.25, 0.3) is 0 Å². The molecule has 0 aliphatic heterocycles. The molecule has 1 aromatic rings. The Balaban J connectivity index is 0.00000169. The largest absolute Gasteiger partial charge is 0.462 e. The number of ether oxygens (including phenoxy) is 1. The maximum atomic E-state index is 11.2. The van der Waals surface area contributed by atoms with Crippen molar-refractivity contribution < 1.29 is 9.53 Å². The molecule has 0 fully saturated rings. The second kappa shape index (κ2) is 6.17. The third-order valence-corrected chi connectivity index (χ3v) is 1.42. The summed E-state index contributed by atoms with van der Waals surface area (Å²) in [5.74, 6) is 5.19. The predicted octanol–water partition coefficient (Wildman–Crippen LogP) is 0.966. The highest BCUT2D eigenvalue weighted by Gasteiger charge is 2.06. The first-order valence-electron chi connectivity index (χ1n) is 3.87. The van der Waals surface area contributed by atoms with E-state index in [2.05, 4.69) is 10.4 Å². The minimum atomic E-state index is -0.374. The summed E-state index contributed by atoms with van der Waals surface area (Å²) in [5.41, 5.74) is 2.78. The van der Waals surface area contributed by atoms with Crippen LogP contribution < -0.4 is 11.3 Å². The van der Waals surface area contributed by atoms with E-state index in [9.17, 15) is 4.79 Å². The zero-order valence-corrected chi connectivity index (χ0v) is 8.50. The number of hydrogen-bond donors (Lipinski definition) is 2. The zero-order chi connectivity index (χ0) is 9.68. The van der Waals surface area contributed by atoms with Gasteiger partial charge in [-0.3, -0.25) is 0 Å². The highest BCUT2D eigenvalue weighted by Crippen LogP contribution is 2.06. The first kappa shape index (κ1) is 12.7. The molecule has 0 radical (unpaired) electrons. The molecule has 0 unspecified atom stereocenters. The zero-order valence-electron chi connectivity index (χ0n) is 7.69. The molecule has 1 rings (SSSR count). The van der Waals surface area contributed by atoms with Crippen LogP contribution in [-0.2, 0) is 4.74 Å². The molecule has 0 amide bonds. The van der Waals surface area contributed by atoms with Crippen molar-refractivity contribution in [3.05, 3.63) is 23.9 Å². The molecule has 3 N–H and O–H groups in total. The predicted molar refractivity (Wildman–Crippen MR) is 55.3 cm³/mol. The number of carbonyl (C=O) groups excluding carboxylic acids is 1. The van der Waals surface area contributed by atoms with Crippen molar-refractivity contribution in [3.63, 3.8) is 0 Å². The van der Waals surface area contributed by atoms with Crippen LogP contribution in [0.1, 0.15) is 17.3 Å². The molecular formula is C8H12ClN3O2. The first-order valence-corrected chi connectivity index (χ1v) is 3.87. The Morgan fingerprint density at radius 3 is 3.00 bits per heavy atom. The molecule has 5 nitrogen and oxygen atoms in total. The molecule has 0 saturated carbocycles. The molecule has 0 aromatic carbocycles. The fourth-order valence-electron chi connectivity index (χ4n) is 0.851. The van der Waals surface area contributed by atoms with Crippen molar-refractivity contribution in [2.75, 3.05) is 12.0 Å². The van der Waals surface area contributed by atoms with Gasteiger partial charge in [0.05, 0.1) is 12.2 Å². The highest BCUT2D eigenvalue weighted by atomic mass is 35.5. The van der Waals surface area contributed by atoms with Crippen molar-refractivity contribution in [2.45, 2.75) is 6.92 Å². The lowest BCUT2D eigenvalue weighted by atomic mass is 10.2. The number of nitrogens with zero attached hydrogens (tertiary/aromatic N) is 1. The van der Waals surface area contributed by atoms with Crippen molar-refractivity contribution in [1.82, 2.24) is 4.98 Å². The van der Waals surface area contributed by atoms with E-state index in [4.69, 9.17) is 10.6 Å². The van der Waals surface area contributed by atoms with Gasteiger partial charge in [0.1, 0.15) is 5.82 Å². The Morgan fingerprint density at radius 2 is 2.43 bits per heavy atom. The number of carbonyl (C=O) groups is 1. The van der Waals surface area contributed by atoms with Crippen molar-refractivity contribution >= 4 is 24.2 Å². The monoisotopic (exact) mass is 217 g/mol. The number of nitrogens with two attached hydrogens (primary N) is 1. The lowest BCUT2D eigenvalue weighted by Crippen LogP contribution is -2.10. The summed E-state index contributed by atoms with van der Waals surface area (Å²) >= 11 is 0. The molecule has 78 valence electrons. The minimum Gasteiger partial charge on any atom is -0.462 e. The van der Waals surface area contributed by atoms with E-state index < -0.39 is 0 Å². The van der Waals surface area contributed by atoms with Crippen LogP contribution in [0.15, 0.2) is 18.3 Å².